The number of esters is 1. The van der Waals surface area contributed by atoms with Crippen LogP contribution in [-0.4, -0.2) is 41.5 Å². The first-order valence-corrected chi connectivity index (χ1v) is 8.18. The lowest BCUT2D eigenvalue weighted by atomic mass is 9.97. The molecule has 6 heteroatoms. The number of fused-ring (bicyclic) bond motifs is 1. The number of nitrogens with zero attached hydrogens (tertiary/aromatic N) is 1. The lowest BCUT2D eigenvalue weighted by molar-refractivity contribution is -0.149. The molecular weight excluding hydrogens is 308 g/mol. The maximum absolute atomic E-state index is 12.9. The van der Waals surface area contributed by atoms with Gasteiger partial charge >= 0.3 is 5.97 Å². The summed E-state index contributed by atoms with van der Waals surface area (Å²) in [4.78, 5) is 41.1. The van der Waals surface area contributed by atoms with Crippen LogP contribution < -0.4 is 5.56 Å². The molecule has 6 nitrogen and oxygen atoms in total. The lowest BCUT2D eigenvalue weighted by Crippen LogP contribution is -2.43. The zero-order valence-electron chi connectivity index (χ0n) is 13.6. The number of rotatable bonds is 3. The molecule has 0 spiro atoms. The van der Waals surface area contributed by atoms with Crippen molar-refractivity contribution in [2.45, 2.75) is 19.8 Å². The summed E-state index contributed by atoms with van der Waals surface area (Å²) in [6.45, 7) is 3.02. The Morgan fingerprint density at radius 3 is 2.92 bits per heavy atom. The van der Waals surface area contributed by atoms with Crippen LogP contribution in [0.2, 0.25) is 0 Å². The molecule has 1 aromatic carbocycles. The number of carbonyl (C=O) groups excluding carboxylic acids is 2. The second kappa shape index (κ2) is 6.86. The number of nitrogens with one attached hydrogen (secondary N) is 1. The Labute approximate surface area is 139 Å². The number of likely N-dealkylation sites (tertiary alicyclic amines) is 1. The van der Waals surface area contributed by atoms with Crippen LogP contribution in [0.3, 0.4) is 0 Å². The molecule has 1 aliphatic heterocycles. The maximum atomic E-state index is 12.9. The van der Waals surface area contributed by atoms with E-state index in [1.54, 1.807) is 17.9 Å². The Kier molecular flexibility index (Phi) is 4.64. The Balaban J connectivity index is 1.89. The fourth-order valence-corrected chi connectivity index (χ4v) is 3.17. The molecular formula is C18H20N2O4. The van der Waals surface area contributed by atoms with E-state index in [9.17, 15) is 14.4 Å². The predicted molar refractivity (Wildman–Crippen MR) is 89.8 cm³/mol. The van der Waals surface area contributed by atoms with Crippen molar-refractivity contribution in [1.29, 1.82) is 0 Å². The van der Waals surface area contributed by atoms with E-state index in [2.05, 4.69) is 4.98 Å². The number of aromatic nitrogens is 1. The summed E-state index contributed by atoms with van der Waals surface area (Å²) in [7, 11) is 0. The quantitative estimate of drug-likeness (QED) is 0.873. The standard InChI is InChI=1S/C18H20N2O4/c1-2-24-18(23)12-6-5-9-20(11-12)17(22)14-10-16(21)19-15-8-4-3-7-13(14)15/h3-4,7-8,10,12H,2,5-6,9,11H2,1H3,(H,19,21). The van der Waals surface area contributed by atoms with Crippen molar-refractivity contribution in [1.82, 2.24) is 9.88 Å². The Bertz CT molecular complexity index is 827. The zero-order chi connectivity index (χ0) is 17.1. The number of H-pyrrole nitrogens is 1. The van der Waals surface area contributed by atoms with Crippen LogP contribution in [0.15, 0.2) is 35.1 Å². The van der Waals surface area contributed by atoms with Crippen LogP contribution in [0.25, 0.3) is 10.9 Å². The molecule has 126 valence electrons. The van der Waals surface area contributed by atoms with Gasteiger partial charge < -0.3 is 14.6 Å². The topological polar surface area (TPSA) is 79.5 Å². The van der Waals surface area contributed by atoms with Crippen LogP contribution in [0, 0.1) is 5.92 Å². The molecule has 1 unspecified atom stereocenters. The summed E-state index contributed by atoms with van der Waals surface area (Å²) in [5, 5.41) is 0.709. The van der Waals surface area contributed by atoms with Gasteiger partial charge in [0.15, 0.2) is 0 Å². The molecule has 0 bridgehead atoms. The van der Waals surface area contributed by atoms with E-state index in [-0.39, 0.29) is 23.4 Å². The smallest absolute Gasteiger partial charge is 0.310 e. The van der Waals surface area contributed by atoms with Gasteiger partial charge in [0, 0.05) is 30.1 Å². The van der Waals surface area contributed by atoms with Gasteiger partial charge in [-0.15, -0.1) is 0 Å². The summed E-state index contributed by atoms with van der Waals surface area (Å²) >= 11 is 0. The summed E-state index contributed by atoms with van der Waals surface area (Å²) in [5.74, 6) is -0.770. The van der Waals surface area contributed by atoms with Crippen LogP contribution in [-0.2, 0) is 9.53 Å². The summed E-state index contributed by atoms with van der Waals surface area (Å²) < 4.78 is 5.07. The molecule has 0 saturated carbocycles. The minimum atomic E-state index is -0.309. The number of benzene rings is 1. The molecule has 1 amide bonds. The third-order valence-corrected chi connectivity index (χ3v) is 4.31. The molecule has 1 N–H and O–H groups in total. The Hall–Kier alpha value is -2.63. The van der Waals surface area contributed by atoms with Crippen LogP contribution in [0.4, 0.5) is 0 Å². The molecule has 1 fully saturated rings. The fourth-order valence-electron chi connectivity index (χ4n) is 3.17. The van der Waals surface area contributed by atoms with Gasteiger partial charge in [0.05, 0.1) is 18.1 Å². The molecule has 1 aliphatic rings. The van der Waals surface area contributed by atoms with Crippen molar-refractivity contribution in [3.8, 4) is 0 Å². The zero-order valence-corrected chi connectivity index (χ0v) is 13.6. The van der Waals surface area contributed by atoms with Crippen LogP contribution in [0.5, 0.6) is 0 Å². The highest BCUT2D eigenvalue weighted by molar-refractivity contribution is 6.06. The van der Waals surface area contributed by atoms with E-state index in [0.717, 1.165) is 12.8 Å². The number of para-hydroxylation sites is 1. The van der Waals surface area contributed by atoms with Gasteiger partial charge in [-0.3, -0.25) is 14.4 Å². The van der Waals surface area contributed by atoms with E-state index < -0.39 is 0 Å². The van der Waals surface area contributed by atoms with E-state index in [1.807, 2.05) is 18.2 Å². The molecule has 24 heavy (non-hydrogen) atoms. The van der Waals surface area contributed by atoms with Crippen molar-refractivity contribution in [2.24, 2.45) is 5.92 Å². The third-order valence-electron chi connectivity index (χ3n) is 4.31. The molecule has 2 heterocycles. The fraction of sp³-hybridized carbons (Fsp3) is 0.389. The second-order valence-electron chi connectivity index (χ2n) is 5.94. The first-order chi connectivity index (χ1) is 11.6. The molecule has 2 aromatic rings. The third kappa shape index (κ3) is 3.18. The highest BCUT2D eigenvalue weighted by atomic mass is 16.5. The SMILES string of the molecule is CCOC(=O)C1CCCN(C(=O)c2cc(=O)[nH]c3ccccc23)C1. The Morgan fingerprint density at radius 1 is 1.33 bits per heavy atom. The summed E-state index contributed by atoms with van der Waals surface area (Å²) in [6, 6.07) is 8.55. The van der Waals surface area contributed by atoms with Crippen molar-refractivity contribution in [2.75, 3.05) is 19.7 Å². The van der Waals surface area contributed by atoms with Gasteiger partial charge in [-0.25, -0.2) is 0 Å². The average Bonchev–Trinajstić information content (AvgIpc) is 2.60. The van der Waals surface area contributed by atoms with Crippen LogP contribution in [0.1, 0.15) is 30.1 Å². The van der Waals surface area contributed by atoms with Crippen molar-refractivity contribution >= 4 is 22.8 Å². The van der Waals surface area contributed by atoms with E-state index in [4.69, 9.17) is 4.74 Å². The summed E-state index contributed by atoms with van der Waals surface area (Å²) in [6.07, 6.45) is 1.47. The van der Waals surface area contributed by atoms with E-state index in [1.165, 1.54) is 6.07 Å². The predicted octanol–water partition coefficient (Wildman–Crippen LogP) is 1.94. The number of piperidine rings is 1. The van der Waals surface area contributed by atoms with E-state index in [0.29, 0.717) is 36.2 Å². The summed E-state index contributed by atoms with van der Waals surface area (Å²) in [5.41, 5.74) is 0.696. The molecule has 0 radical (unpaired) electrons. The lowest BCUT2D eigenvalue weighted by Gasteiger charge is -2.31. The second-order valence-corrected chi connectivity index (χ2v) is 5.94. The minimum Gasteiger partial charge on any atom is -0.466 e. The van der Waals surface area contributed by atoms with Crippen molar-refractivity contribution in [3.05, 3.63) is 46.2 Å². The number of hydrogen-bond donors (Lipinski definition) is 1. The van der Waals surface area contributed by atoms with Crippen molar-refractivity contribution < 1.29 is 14.3 Å². The number of amides is 1. The number of aromatic amines is 1. The van der Waals surface area contributed by atoms with Crippen molar-refractivity contribution in [3.63, 3.8) is 0 Å². The van der Waals surface area contributed by atoms with Gasteiger partial charge in [-0.1, -0.05) is 18.2 Å². The van der Waals surface area contributed by atoms with Gasteiger partial charge in [-0.2, -0.15) is 0 Å². The molecule has 0 aliphatic carbocycles. The molecule has 1 aromatic heterocycles. The average molecular weight is 328 g/mol. The normalized spacial score (nSPS) is 17.7. The van der Waals surface area contributed by atoms with E-state index >= 15 is 0 Å². The highest BCUT2D eigenvalue weighted by Crippen LogP contribution is 2.22. The van der Waals surface area contributed by atoms with Gasteiger partial charge in [-0.05, 0) is 25.8 Å². The van der Waals surface area contributed by atoms with Gasteiger partial charge in [0.1, 0.15) is 0 Å². The first-order valence-electron chi connectivity index (χ1n) is 8.18. The molecule has 1 atom stereocenters. The van der Waals surface area contributed by atoms with Gasteiger partial charge in [0.25, 0.3) is 5.91 Å². The largest absolute Gasteiger partial charge is 0.466 e. The monoisotopic (exact) mass is 328 g/mol. The minimum absolute atomic E-state index is 0.216. The maximum Gasteiger partial charge on any atom is 0.310 e. The highest BCUT2D eigenvalue weighted by Gasteiger charge is 2.30. The van der Waals surface area contributed by atoms with Crippen LogP contribution >= 0.6 is 0 Å². The number of ether oxygens (including phenoxy) is 1. The molecule has 3 rings (SSSR count). The first kappa shape index (κ1) is 16.2. The Morgan fingerprint density at radius 2 is 2.12 bits per heavy atom. The van der Waals surface area contributed by atoms with Gasteiger partial charge in [0.2, 0.25) is 5.56 Å². The number of hydrogen-bond acceptors (Lipinski definition) is 4. The number of carbonyl (C=O) groups is 2. The molecule has 1 saturated heterocycles. The number of pyridine rings is 1.